The second-order valence-electron chi connectivity index (χ2n) is 6.84. The van der Waals surface area contributed by atoms with Gasteiger partial charge in [-0.1, -0.05) is 36.4 Å². The minimum atomic E-state index is -0.401. The largest absolute Gasteiger partial charge is 0.355 e. The number of hydrogen-bond donors (Lipinski definition) is 1. The van der Waals surface area contributed by atoms with Gasteiger partial charge in [-0.2, -0.15) is 0 Å². The molecule has 2 fully saturated rings. The summed E-state index contributed by atoms with van der Waals surface area (Å²) in [4.78, 5) is 31.2. The Labute approximate surface area is 147 Å². The van der Waals surface area contributed by atoms with Crippen LogP contribution in [-0.4, -0.2) is 41.3 Å². The fraction of sp³-hybridized carbons (Fsp3) is 0.350. The number of rotatable bonds is 2. The zero-order valence-electron chi connectivity index (χ0n) is 14.0. The Morgan fingerprint density at radius 2 is 1.80 bits per heavy atom. The summed E-state index contributed by atoms with van der Waals surface area (Å²) in [6.45, 7) is 1.86. The van der Waals surface area contributed by atoms with Gasteiger partial charge in [-0.25, -0.2) is 0 Å². The molecular formula is C20H21N3O2. The quantitative estimate of drug-likeness (QED) is 0.915. The van der Waals surface area contributed by atoms with Crippen LogP contribution in [-0.2, 0) is 4.79 Å². The molecule has 2 aliphatic rings. The van der Waals surface area contributed by atoms with Crippen molar-refractivity contribution in [3.05, 3.63) is 66.0 Å². The van der Waals surface area contributed by atoms with Crippen LogP contribution < -0.4 is 5.32 Å². The molecule has 0 saturated carbocycles. The molecule has 1 N–H and O–H groups in total. The van der Waals surface area contributed by atoms with Crippen molar-refractivity contribution >= 4 is 11.8 Å². The number of likely N-dealkylation sites (tertiary alicyclic amines) is 1. The van der Waals surface area contributed by atoms with E-state index in [1.165, 1.54) is 5.56 Å². The third kappa shape index (κ3) is 2.69. The number of amides is 2. The molecule has 5 heteroatoms. The fourth-order valence-corrected chi connectivity index (χ4v) is 4.18. The van der Waals surface area contributed by atoms with Crippen molar-refractivity contribution in [2.75, 3.05) is 19.6 Å². The van der Waals surface area contributed by atoms with Gasteiger partial charge in [0, 0.05) is 31.7 Å². The first-order valence-corrected chi connectivity index (χ1v) is 8.74. The summed E-state index contributed by atoms with van der Waals surface area (Å²) >= 11 is 0. The van der Waals surface area contributed by atoms with Gasteiger partial charge in [0.2, 0.25) is 5.91 Å². The Bertz CT molecular complexity index is 768. The first-order chi connectivity index (χ1) is 12.2. The standard InChI is InChI=1S/C20H21N3O2/c24-18(17-8-4-5-11-21-17)23-12-9-20(10-13-23)16(14-22-19(20)25)15-6-2-1-3-7-15/h1-8,11,16H,9-10,12-14H2,(H,22,25)/t16-/m1/s1. The van der Waals surface area contributed by atoms with E-state index in [2.05, 4.69) is 22.4 Å². The Morgan fingerprint density at radius 1 is 1.08 bits per heavy atom. The second-order valence-corrected chi connectivity index (χ2v) is 6.84. The minimum absolute atomic E-state index is 0.0508. The Hall–Kier alpha value is -2.69. The topological polar surface area (TPSA) is 62.3 Å². The third-order valence-electron chi connectivity index (χ3n) is 5.61. The molecule has 2 aliphatic heterocycles. The number of carbonyl (C=O) groups excluding carboxylic acids is 2. The molecule has 2 saturated heterocycles. The molecule has 4 rings (SSSR count). The van der Waals surface area contributed by atoms with Crippen molar-refractivity contribution in [3.8, 4) is 0 Å². The second kappa shape index (κ2) is 6.31. The lowest BCUT2D eigenvalue weighted by molar-refractivity contribution is -0.130. The van der Waals surface area contributed by atoms with E-state index in [0.717, 1.165) is 0 Å². The van der Waals surface area contributed by atoms with E-state index in [9.17, 15) is 9.59 Å². The zero-order valence-corrected chi connectivity index (χ0v) is 14.0. The van der Waals surface area contributed by atoms with Crippen LogP contribution in [0.15, 0.2) is 54.7 Å². The SMILES string of the molecule is O=C(c1ccccn1)N1CCC2(CC1)C(=O)NC[C@@H]2c1ccccc1. The number of aromatic nitrogens is 1. The van der Waals surface area contributed by atoms with Crippen LogP contribution in [0.4, 0.5) is 0 Å². The molecule has 3 heterocycles. The number of pyridine rings is 1. The smallest absolute Gasteiger partial charge is 0.272 e. The van der Waals surface area contributed by atoms with Gasteiger partial charge >= 0.3 is 0 Å². The van der Waals surface area contributed by atoms with Crippen LogP contribution >= 0.6 is 0 Å². The third-order valence-corrected chi connectivity index (χ3v) is 5.61. The molecule has 5 nitrogen and oxygen atoms in total. The Morgan fingerprint density at radius 3 is 2.48 bits per heavy atom. The lowest BCUT2D eigenvalue weighted by atomic mass is 9.68. The molecule has 1 aromatic carbocycles. The number of hydrogen-bond acceptors (Lipinski definition) is 3. The molecule has 2 amide bonds. The van der Waals surface area contributed by atoms with Crippen LogP contribution in [0.5, 0.6) is 0 Å². The number of nitrogens with one attached hydrogen (secondary N) is 1. The average Bonchev–Trinajstić information content (AvgIpc) is 2.99. The van der Waals surface area contributed by atoms with Gasteiger partial charge in [0.25, 0.3) is 5.91 Å². The predicted molar refractivity (Wildman–Crippen MR) is 94.0 cm³/mol. The van der Waals surface area contributed by atoms with Crippen molar-refractivity contribution in [2.45, 2.75) is 18.8 Å². The fourth-order valence-electron chi connectivity index (χ4n) is 4.18. The summed E-state index contributed by atoms with van der Waals surface area (Å²) in [5.74, 6) is 0.254. The van der Waals surface area contributed by atoms with Crippen molar-refractivity contribution in [1.29, 1.82) is 0 Å². The summed E-state index contributed by atoms with van der Waals surface area (Å²) in [6.07, 6.45) is 3.02. The van der Waals surface area contributed by atoms with Crippen molar-refractivity contribution in [1.82, 2.24) is 15.2 Å². The van der Waals surface area contributed by atoms with E-state index < -0.39 is 5.41 Å². The van der Waals surface area contributed by atoms with E-state index in [-0.39, 0.29) is 17.7 Å². The van der Waals surface area contributed by atoms with E-state index in [0.29, 0.717) is 38.2 Å². The van der Waals surface area contributed by atoms with Crippen molar-refractivity contribution in [2.24, 2.45) is 5.41 Å². The van der Waals surface area contributed by atoms with Gasteiger partial charge in [-0.15, -0.1) is 0 Å². The summed E-state index contributed by atoms with van der Waals surface area (Å²) < 4.78 is 0. The monoisotopic (exact) mass is 335 g/mol. The summed E-state index contributed by atoms with van der Waals surface area (Å²) in [5, 5.41) is 3.05. The maximum Gasteiger partial charge on any atom is 0.272 e. The Kier molecular flexibility index (Phi) is 3.99. The molecule has 2 aromatic rings. The highest BCUT2D eigenvalue weighted by Crippen LogP contribution is 2.47. The van der Waals surface area contributed by atoms with Gasteiger partial charge < -0.3 is 10.2 Å². The average molecular weight is 335 g/mol. The van der Waals surface area contributed by atoms with E-state index >= 15 is 0 Å². The van der Waals surface area contributed by atoms with Gasteiger partial charge in [-0.05, 0) is 30.5 Å². The van der Waals surface area contributed by atoms with Crippen LogP contribution in [0.2, 0.25) is 0 Å². The van der Waals surface area contributed by atoms with Crippen LogP contribution in [0.1, 0.15) is 34.8 Å². The van der Waals surface area contributed by atoms with E-state index in [4.69, 9.17) is 0 Å². The number of benzene rings is 1. The highest BCUT2D eigenvalue weighted by atomic mass is 16.2. The maximum absolute atomic E-state index is 12.7. The molecule has 0 radical (unpaired) electrons. The number of nitrogens with zero attached hydrogens (tertiary/aromatic N) is 2. The first-order valence-electron chi connectivity index (χ1n) is 8.74. The highest BCUT2D eigenvalue weighted by molar-refractivity contribution is 5.93. The highest BCUT2D eigenvalue weighted by Gasteiger charge is 2.52. The zero-order chi connectivity index (χ0) is 17.3. The van der Waals surface area contributed by atoms with Gasteiger partial charge in [0.05, 0.1) is 5.41 Å². The molecule has 128 valence electrons. The van der Waals surface area contributed by atoms with Crippen molar-refractivity contribution in [3.63, 3.8) is 0 Å². The summed E-state index contributed by atoms with van der Waals surface area (Å²) in [7, 11) is 0. The lowest BCUT2D eigenvalue weighted by Crippen LogP contribution is -2.48. The molecule has 0 bridgehead atoms. The summed E-state index contributed by atoms with van der Waals surface area (Å²) in [6, 6.07) is 15.6. The number of carbonyl (C=O) groups is 2. The van der Waals surface area contributed by atoms with Gasteiger partial charge in [-0.3, -0.25) is 14.6 Å². The van der Waals surface area contributed by atoms with Gasteiger partial charge in [0.15, 0.2) is 0 Å². The van der Waals surface area contributed by atoms with Gasteiger partial charge in [0.1, 0.15) is 5.69 Å². The first kappa shape index (κ1) is 15.8. The maximum atomic E-state index is 12.7. The molecule has 25 heavy (non-hydrogen) atoms. The molecular weight excluding hydrogens is 314 g/mol. The lowest BCUT2D eigenvalue weighted by Gasteiger charge is -2.40. The minimum Gasteiger partial charge on any atom is -0.355 e. The predicted octanol–water partition coefficient (Wildman–Crippen LogP) is 2.22. The molecule has 0 unspecified atom stereocenters. The summed E-state index contributed by atoms with van der Waals surface area (Å²) in [5.41, 5.74) is 1.27. The van der Waals surface area contributed by atoms with Crippen molar-refractivity contribution < 1.29 is 9.59 Å². The molecule has 1 spiro atoms. The van der Waals surface area contributed by atoms with Crippen LogP contribution in [0.25, 0.3) is 0 Å². The Balaban J connectivity index is 1.53. The molecule has 1 atom stereocenters. The van der Waals surface area contributed by atoms with Crippen LogP contribution in [0, 0.1) is 5.41 Å². The normalized spacial score (nSPS) is 22.0. The molecule has 1 aromatic heterocycles. The van der Waals surface area contributed by atoms with E-state index in [1.807, 2.05) is 29.2 Å². The van der Waals surface area contributed by atoms with Crippen LogP contribution in [0.3, 0.4) is 0 Å². The number of piperidine rings is 1. The van der Waals surface area contributed by atoms with E-state index in [1.54, 1.807) is 18.3 Å². The molecule has 0 aliphatic carbocycles.